The normalized spacial score (nSPS) is 11.6. The summed E-state index contributed by atoms with van der Waals surface area (Å²) in [7, 11) is -4.13. The van der Waals surface area contributed by atoms with Crippen LogP contribution in [0.4, 0.5) is 0 Å². The number of aromatic nitrogens is 1. The van der Waals surface area contributed by atoms with Gasteiger partial charge >= 0.3 is 0 Å². The van der Waals surface area contributed by atoms with E-state index < -0.39 is 10.1 Å². The van der Waals surface area contributed by atoms with Gasteiger partial charge in [0.2, 0.25) is 0 Å². The van der Waals surface area contributed by atoms with Crippen LogP contribution in [0.25, 0.3) is 0 Å². The summed E-state index contributed by atoms with van der Waals surface area (Å²) in [5, 5.41) is 3.58. The minimum absolute atomic E-state index is 0.0902. The summed E-state index contributed by atoms with van der Waals surface area (Å²) in [6.45, 7) is 0. The van der Waals surface area contributed by atoms with Crippen LogP contribution >= 0.6 is 0 Å². The number of hydrogen-bond acceptors (Lipinski definition) is 4. The first-order chi connectivity index (χ1) is 8.05. The van der Waals surface area contributed by atoms with Gasteiger partial charge in [0.25, 0.3) is 10.1 Å². The lowest BCUT2D eigenvalue weighted by atomic mass is 10.1. The SMILES string of the molecule is O=S(=O)(O)c1cccc(CCc2ccno2)c1. The molecule has 0 fully saturated rings. The van der Waals surface area contributed by atoms with Gasteiger partial charge in [0.05, 0.1) is 11.1 Å². The third-order valence-electron chi connectivity index (χ3n) is 2.35. The number of nitrogens with zero attached hydrogens (tertiary/aromatic N) is 1. The highest BCUT2D eigenvalue weighted by Gasteiger charge is 2.09. The van der Waals surface area contributed by atoms with Gasteiger partial charge in [-0.25, -0.2) is 0 Å². The molecule has 6 heteroatoms. The average Bonchev–Trinajstić information content (AvgIpc) is 2.78. The van der Waals surface area contributed by atoms with Gasteiger partial charge in [-0.2, -0.15) is 8.42 Å². The highest BCUT2D eigenvalue weighted by molar-refractivity contribution is 7.85. The molecule has 0 aliphatic rings. The fraction of sp³-hybridized carbons (Fsp3) is 0.182. The predicted molar refractivity (Wildman–Crippen MR) is 60.2 cm³/mol. The standard InChI is InChI=1S/C11H11NO4S/c13-17(14,15)11-3-1-2-9(8-11)4-5-10-6-7-12-16-10/h1-3,6-8H,4-5H2,(H,13,14,15). The Hall–Kier alpha value is -1.66. The quantitative estimate of drug-likeness (QED) is 0.839. The third kappa shape index (κ3) is 3.15. The van der Waals surface area contributed by atoms with Crippen molar-refractivity contribution in [2.75, 3.05) is 0 Å². The van der Waals surface area contributed by atoms with E-state index in [1.165, 1.54) is 12.1 Å². The number of benzene rings is 1. The van der Waals surface area contributed by atoms with E-state index in [1.807, 2.05) is 0 Å². The van der Waals surface area contributed by atoms with Crippen LogP contribution < -0.4 is 0 Å². The van der Waals surface area contributed by atoms with Gasteiger partial charge in [-0.1, -0.05) is 17.3 Å². The molecule has 0 atom stereocenters. The van der Waals surface area contributed by atoms with Crippen LogP contribution in [0.5, 0.6) is 0 Å². The highest BCUT2D eigenvalue weighted by atomic mass is 32.2. The van der Waals surface area contributed by atoms with Crippen molar-refractivity contribution in [3.63, 3.8) is 0 Å². The molecule has 0 unspecified atom stereocenters. The van der Waals surface area contributed by atoms with Crippen molar-refractivity contribution in [2.24, 2.45) is 0 Å². The zero-order valence-corrected chi connectivity index (χ0v) is 9.72. The molecule has 0 amide bonds. The Morgan fingerprint density at radius 1 is 1.24 bits per heavy atom. The molecule has 2 aromatic rings. The van der Waals surface area contributed by atoms with E-state index in [1.54, 1.807) is 24.4 Å². The minimum Gasteiger partial charge on any atom is -0.361 e. The lowest BCUT2D eigenvalue weighted by Crippen LogP contribution is -1.99. The molecule has 0 spiro atoms. The van der Waals surface area contributed by atoms with Crippen molar-refractivity contribution in [3.8, 4) is 0 Å². The molecule has 0 aliphatic heterocycles. The van der Waals surface area contributed by atoms with Crippen molar-refractivity contribution in [2.45, 2.75) is 17.7 Å². The molecule has 0 radical (unpaired) electrons. The molecule has 2 rings (SSSR count). The van der Waals surface area contributed by atoms with Crippen LogP contribution in [-0.4, -0.2) is 18.1 Å². The highest BCUT2D eigenvalue weighted by Crippen LogP contribution is 2.13. The number of rotatable bonds is 4. The smallest absolute Gasteiger partial charge is 0.294 e. The van der Waals surface area contributed by atoms with Gasteiger partial charge in [0, 0.05) is 12.5 Å². The first-order valence-electron chi connectivity index (χ1n) is 5.02. The van der Waals surface area contributed by atoms with E-state index in [0.717, 1.165) is 11.3 Å². The summed E-state index contributed by atoms with van der Waals surface area (Å²) in [6.07, 6.45) is 2.82. The van der Waals surface area contributed by atoms with E-state index >= 15 is 0 Å². The zero-order valence-electron chi connectivity index (χ0n) is 8.91. The molecule has 1 N–H and O–H groups in total. The molecule has 1 aromatic carbocycles. The Morgan fingerprint density at radius 2 is 2.06 bits per heavy atom. The Balaban J connectivity index is 2.12. The Morgan fingerprint density at radius 3 is 2.71 bits per heavy atom. The van der Waals surface area contributed by atoms with Crippen LogP contribution in [-0.2, 0) is 23.0 Å². The molecule has 90 valence electrons. The molecule has 0 aliphatic carbocycles. The fourth-order valence-electron chi connectivity index (χ4n) is 1.50. The maximum absolute atomic E-state index is 10.9. The maximum Gasteiger partial charge on any atom is 0.294 e. The monoisotopic (exact) mass is 253 g/mol. The van der Waals surface area contributed by atoms with Crippen molar-refractivity contribution < 1.29 is 17.5 Å². The zero-order chi connectivity index (χ0) is 12.3. The average molecular weight is 253 g/mol. The Labute approximate surface area is 98.8 Å². The van der Waals surface area contributed by atoms with Crippen LogP contribution in [0.2, 0.25) is 0 Å². The largest absolute Gasteiger partial charge is 0.361 e. The molecule has 1 aromatic heterocycles. The first-order valence-corrected chi connectivity index (χ1v) is 6.46. The van der Waals surface area contributed by atoms with Crippen molar-refractivity contribution in [1.29, 1.82) is 0 Å². The van der Waals surface area contributed by atoms with Gasteiger partial charge in [-0.15, -0.1) is 0 Å². The van der Waals surface area contributed by atoms with Crippen molar-refractivity contribution in [3.05, 3.63) is 47.9 Å². The van der Waals surface area contributed by atoms with Crippen LogP contribution in [0.3, 0.4) is 0 Å². The summed E-state index contributed by atoms with van der Waals surface area (Å²) in [5.41, 5.74) is 0.816. The van der Waals surface area contributed by atoms with Crippen LogP contribution in [0.15, 0.2) is 45.9 Å². The van der Waals surface area contributed by atoms with E-state index in [-0.39, 0.29) is 4.90 Å². The van der Waals surface area contributed by atoms with Crippen molar-refractivity contribution >= 4 is 10.1 Å². The molecular formula is C11H11NO4S. The molecular weight excluding hydrogens is 242 g/mol. The molecule has 5 nitrogen and oxygen atoms in total. The van der Waals surface area contributed by atoms with Crippen LogP contribution in [0, 0.1) is 0 Å². The van der Waals surface area contributed by atoms with E-state index in [2.05, 4.69) is 5.16 Å². The molecule has 1 heterocycles. The number of aryl methyl sites for hydroxylation is 2. The minimum atomic E-state index is -4.13. The topological polar surface area (TPSA) is 80.4 Å². The van der Waals surface area contributed by atoms with Gasteiger partial charge in [-0.3, -0.25) is 4.55 Å². The second-order valence-corrected chi connectivity index (χ2v) is 5.02. The summed E-state index contributed by atoms with van der Waals surface area (Å²) in [4.78, 5) is -0.0902. The van der Waals surface area contributed by atoms with Gasteiger partial charge in [0.15, 0.2) is 0 Å². The van der Waals surface area contributed by atoms with Gasteiger partial charge < -0.3 is 4.52 Å². The fourth-order valence-corrected chi connectivity index (χ4v) is 2.05. The summed E-state index contributed by atoms with van der Waals surface area (Å²) >= 11 is 0. The van der Waals surface area contributed by atoms with Crippen molar-refractivity contribution in [1.82, 2.24) is 5.16 Å². The van der Waals surface area contributed by atoms with Crippen LogP contribution in [0.1, 0.15) is 11.3 Å². The Bertz CT molecular complexity index is 590. The van der Waals surface area contributed by atoms with E-state index in [4.69, 9.17) is 9.08 Å². The Kier molecular flexibility index (Phi) is 3.26. The van der Waals surface area contributed by atoms with E-state index in [0.29, 0.717) is 12.8 Å². The van der Waals surface area contributed by atoms with E-state index in [9.17, 15) is 8.42 Å². The third-order valence-corrected chi connectivity index (χ3v) is 3.20. The van der Waals surface area contributed by atoms with Gasteiger partial charge in [0.1, 0.15) is 5.76 Å². The molecule has 0 saturated heterocycles. The second-order valence-electron chi connectivity index (χ2n) is 3.60. The molecule has 0 bridgehead atoms. The summed E-state index contributed by atoms with van der Waals surface area (Å²) in [5.74, 6) is 0.738. The predicted octanol–water partition coefficient (Wildman–Crippen LogP) is 1.71. The second kappa shape index (κ2) is 4.68. The molecule has 17 heavy (non-hydrogen) atoms. The molecule has 0 saturated carbocycles. The first kappa shape index (κ1) is 11.8. The maximum atomic E-state index is 10.9. The lowest BCUT2D eigenvalue weighted by molar-refractivity contribution is 0.383. The summed E-state index contributed by atoms with van der Waals surface area (Å²) in [6, 6.07) is 7.95. The lowest BCUT2D eigenvalue weighted by Gasteiger charge is -2.01. The number of hydrogen-bond donors (Lipinski definition) is 1. The summed E-state index contributed by atoms with van der Waals surface area (Å²) < 4.78 is 35.7. The van der Waals surface area contributed by atoms with Gasteiger partial charge in [-0.05, 0) is 24.1 Å².